The summed E-state index contributed by atoms with van der Waals surface area (Å²) in [7, 11) is 0. The first-order chi connectivity index (χ1) is 9.66. The van der Waals surface area contributed by atoms with Gasteiger partial charge >= 0.3 is 0 Å². The highest BCUT2D eigenvalue weighted by atomic mass is 79.9. The number of anilines is 1. The van der Waals surface area contributed by atoms with Gasteiger partial charge in [0.05, 0.1) is 5.69 Å². The summed E-state index contributed by atoms with van der Waals surface area (Å²) >= 11 is 8.56. The number of benzene rings is 1. The van der Waals surface area contributed by atoms with E-state index in [1.54, 1.807) is 4.68 Å². The van der Waals surface area contributed by atoms with Crippen LogP contribution in [0.1, 0.15) is 18.4 Å². The molecule has 1 aromatic carbocycles. The van der Waals surface area contributed by atoms with Crippen molar-refractivity contribution in [2.24, 2.45) is 5.73 Å². The van der Waals surface area contributed by atoms with Gasteiger partial charge in [-0.2, -0.15) is 9.78 Å². The Bertz CT molecular complexity index is 648. The minimum absolute atomic E-state index is 0.277. The topological polar surface area (TPSA) is 55.9 Å². The quantitative estimate of drug-likeness (QED) is 0.775. The zero-order valence-corrected chi connectivity index (χ0v) is 13.3. The van der Waals surface area contributed by atoms with E-state index >= 15 is 0 Å². The summed E-state index contributed by atoms with van der Waals surface area (Å²) in [5.41, 5.74) is 9.05. The molecular formula is C14H15BrN4S. The van der Waals surface area contributed by atoms with E-state index in [9.17, 15) is 0 Å². The van der Waals surface area contributed by atoms with Crippen molar-refractivity contribution in [3.63, 3.8) is 0 Å². The maximum Gasteiger partial charge on any atom is 0.193 e. The summed E-state index contributed by atoms with van der Waals surface area (Å²) in [5.74, 6) is 0.952. The predicted octanol–water partition coefficient (Wildman–Crippen LogP) is 3.15. The first-order valence-electron chi connectivity index (χ1n) is 6.58. The standard InChI is InChI=1S/C14H15BrN4S/c15-10-6-4-9(5-7-10)12-11-3-1-2-8-17-13(11)19(18-12)14(16)20/h4-7,17H,1-3,8H2,(H2,16,20). The Morgan fingerprint density at radius 3 is 2.75 bits per heavy atom. The molecule has 3 N–H and O–H groups in total. The largest absolute Gasteiger partial charge is 0.374 e. The van der Waals surface area contributed by atoms with Crippen LogP contribution in [0, 0.1) is 0 Å². The zero-order valence-electron chi connectivity index (χ0n) is 10.9. The Morgan fingerprint density at radius 2 is 2.05 bits per heavy atom. The molecule has 2 heterocycles. The van der Waals surface area contributed by atoms with Crippen molar-refractivity contribution in [3.05, 3.63) is 34.3 Å². The van der Waals surface area contributed by atoms with Crippen LogP contribution in [0.2, 0.25) is 0 Å². The molecule has 0 unspecified atom stereocenters. The summed E-state index contributed by atoms with van der Waals surface area (Å²) in [4.78, 5) is 0. The summed E-state index contributed by atoms with van der Waals surface area (Å²) in [5, 5.41) is 8.28. The van der Waals surface area contributed by atoms with Gasteiger partial charge in [-0.15, -0.1) is 0 Å². The molecule has 2 aromatic rings. The number of fused-ring (bicyclic) bond motifs is 1. The van der Waals surface area contributed by atoms with Gasteiger partial charge in [0.2, 0.25) is 0 Å². The molecule has 0 saturated heterocycles. The summed E-state index contributed by atoms with van der Waals surface area (Å²) in [6.07, 6.45) is 3.29. The highest BCUT2D eigenvalue weighted by Gasteiger charge is 2.21. The Hall–Kier alpha value is -1.40. The number of halogens is 1. The minimum Gasteiger partial charge on any atom is -0.374 e. The van der Waals surface area contributed by atoms with Gasteiger partial charge in [0.1, 0.15) is 5.82 Å². The average molecular weight is 351 g/mol. The second kappa shape index (κ2) is 5.54. The van der Waals surface area contributed by atoms with E-state index in [2.05, 4.69) is 38.5 Å². The first kappa shape index (κ1) is 13.6. The van der Waals surface area contributed by atoms with Crippen molar-refractivity contribution in [2.75, 3.05) is 11.9 Å². The molecule has 20 heavy (non-hydrogen) atoms. The van der Waals surface area contributed by atoms with E-state index in [-0.39, 0.29) is 5.11 Å². The van der Waals surface area contributed by atoms with Crippen molar-refractivity contribution in [1.29, 1.82) is 0 Å². The van der Waals surface area contributed by atoms with E-state index in [0.717, 1.165) is 47.4 Å². The van der Waals surface area contributed by atoms with E-state index in [1.165, 1.54) is 5.56 Å². The molecule has 0 atom stereocenters. The fraction of sp³-hybridized carbons (Fsp3) is 0.286. The Morgan fingerprint density at radius 1 is 1.30 bits per heavy atom. The van der Waals surface area contributed by atoms with Crippen molar-refractivity contribution in [3.8, 4) is 11.3 Å². The van der Waals surface area contributed by atoms with Crippen LogP contribution in [0.5, 0.6) is 0 Å². The van der Waals surface area contributed by atoms with E-state index < -0.39 is 0 Å². The van der Waals surface area contributed by atoms with Crippen molar-refractivity contribution in [2.45, 2.75) is 19.3 Å². The number of nitrogens with two attached hydrogens (primary N) is 1. The molecule has 0 radical (unpaired) electrons. The zero-order chi connectivity index (χ0) is 14.1. The second-order valence-corrected chi connectivity index (χ2v) is 6.15. The van der Waals surface area contributed by atoms with Crippen LogP contribution in [-0.4, -0.2) is 21.4 Å². The molecule has 3 rings (SSSR count). The lowest BCUT2D eigenvalue weighted by atomic mass is 10.0. The van der Waals surface area contributed by atoms with Crippen LogP contribution in [-0.2, 0) is 6.42 Å². The fourth-order valence-corrected chi connectivity index (χ4v) is 2.90. The molecule has 1 aromatic heterocycles. The SMILES string of the molecule is NC(=S)n1nc(-c2ccc(Br)cc2)c2c1NCCCC2. The van der Waals surface area contributed by atoms with Crippen LogP contribution < -0.4 is 11.1 Å². The highest BCUT2D eigenvalue weighted by molar-refractivity contribution is 9.10. The molecule has 1 aliphatic rings. The third-order valence-corrected chi connectivity index (χ3v) is 4.16. The molecule has 0 aliphatic carbocycles. The molecule has 0 bridgehead atoms. The van der Waals surface area contributed by atoms with Gasteiger partial charge in [-0.3, -0.25) is 0 Å². The van der Waals surface area contributed by atoms with Gasteiger partial charge in [-0.05, 0) is 43.6 Å². The maximum absolute atomic E-state index is 5.79. The number of rotatable bonds is 1. The summed E-state index contributed by atoms with van der Waals surface area (Å²) < 4.78 is 2.70. The van der Waals surface area contributed by atoms with Gasteiger partial charge in [0, 0.05) is 22.1 Å². The van der Waals surface area contributed by atoms with Gasteiger partial charge in [0.25, 0.3) is 0 Å². The first-order valence-corrected chi connectivity index (χ1v) is 7.78. The van der Waals surface area contributed by atoms with E-state index in [4.69, 9.17) is 18.0 Å². The highest BCUT2D eigenvalue weighted by Crippen LogP contribution is 2.32. The van der Waals surface area contributed by atoms with Crippen molar-refractivity contribution >= 4 is 39.1 Å². The number of nitrogens with one attached hydrogen (secondary N) is 1. The number of thiocarbonyl (C=S) groups is 1. The Labute approximate surface area is 131 Å². The van der Waals surface area contributed by atoms with Crippen LogP contribution in [0.25, 0.3) is 11.3 Å². The van der Waals surface area contributed by atoms with Gasteiger partial charge < -0.3 is 11.1 Å². The molecule has 0 amide bonds. The normalized spacial score (nSPS) is 14.2. The maximum atomic E-state index is 5.79. The van der Waals surface area contributed by atoms with Crippen LogP contribution in [0.15, 0.2) is 28.7 Å². The minimum atomic E-state index is 0.277. The Balaban J connectivity index is 2.15. The van der Waals surface area contributed by atoms with E-state index in [0.29, 0.717) is 0 Å². The summed E-state index contributed by atoms with van der Waals surface area (Å²) in [6.45, 7) is 0.932. The smallest absolute Gasteiger partial charge is 0.193 e. The predicted molar refractivity (Wildman–Crippen MR) is 89.0 cm³/mol. The molecule has 0 fully saturated rings. The fourth-order valence-electron chi connectivity index (χ4n) is 2.50. The van der Waals surface area contributed by atoms with Crippen LogP contribution in [0.3, 0.4) is 0 Å². The average Bonchev–Trinajstić information content (AvgIpc) is 2.63. The van der Waals surface area contributed by atoms with E-state index in [1.807, 2.05) is 12.1 Å². The van der Waals surface area contributed by atoms with Crippen molar-refractivity contribution in [1.82, 2.24) is 9.78 Å². The number of aromatic nitrogens is 2. The molecule has 0 saturated carbocycles. The van der Waals surface area contributed by atoms with Crippen LogP contribution in [0.4, 0.5) is 5.82 Å². The third kappa shape index (κ3) is 2.45. The number of nitrogens with zero attached hydrogens (tertiary/aromatic N) is 2. The lowest BCUT2D eigenvalue weighted by Gasteiger charge is -2.06. The Kier molecular flexibility index (Phi) is 3.76. The molecule has 4 nitrogen and oxygen atoms in total. The molecule has 104 valence electrons. The van der Waals surface area contributed by atoms with Crippen molar-refractivity contribution < 1.29 is 0 Å². The van der Waals surface area contributed by atoms with Crippen LogP contribution >= 0.6 is 28.1 Å². The number of hydrogen-bond acceptors (Lipinski definition) is 3. The van der Waals surface area contributed by atoms with Gasteiger partial charge in [-0.25, -0.2) is 0 Å². The third-order valence-electron chi connectivity index (χ3n) is 3.46. The lowest BCUT2D eigenvalue weighted by molar-refractivity contribution is 0.782. The van der Waals surface area contributed by atoms with Gasteiger partial charge in [-0.1, -0.05) is 28.1 Å². The lowest BCUT2D eigenvalue weighted by Crippen LogP contribution is -2.22. The van der Waals surface area contributed by atoms with Gasteiger partial charge in [0.15, 0.2) is 5.11 Å². The number of hydrogen-bond donors (Lipinski definition) is 2. The monoisotopic (exact) mass is 350 g/mol. The second-order valence-electron chi connectivity index (χ2n) is 4.82. The molecule has 0 spiro atoms. The molecule has 6 heteroatoms. The summed E-state index contributed by atoms with van der Waals surface area (Å²) in [6, 6.07) is 8.15. The molecule has 1 aliphatic heterocycles. The molecular weight excluding hydrogens is 336 g/mol.